The van der Waals surface area contributed by atoms with E-state index in [1.165, 1.54) is 0 Å². The molecule has 1 rings (SSSR count). The van der Waals surface area contributed by atoms with Gasteiger partial charge in [0.2, 0.25) is 0 Å². The van der Waals surface area contributed by atoms with Crippen molar-refractivity contribution in [2.45, 2.75) is 51.5 Å². The van der Waals surface area contributed by atoms with Crippen LogP contribution in [0, 0.1) is 5.92 Å². The van der Waals surface area contributed by atoms with Gasteiger partial charge in [-0.05, 0) is 19.3 Å². The highest BCUT2D eigenvalue weighted by molar-refractivity contribution is 5.73. The summed E-state index contributed by atoms with van der Waals surface area (Å²) < 4.78 is 10.8. The molecule has 1 aliphatic carbocycles. The standard InChI is InChI=1S/C12H23NO4/c1-5-17-9-6-8(11(9)16-4)13-10(7(2)3)12(14)15/h7-11,13H,5-6H2,1-4H3,(H,14,15). The summed E-state index contributed by atoms with van der Waals surface area (Å²) in [4.78, 5) is 11.1. The third-order valence-corrected chi connectivity index (χ3v) is 3.23. The van der Waals surface area contributed by atoms with Gasteiger partial charge >= 0.3 is 5.97 Å². The molecule has 0 heterocycles. The minimum Gasteiger partial charge on any atom is -0.480 e. The number of carboxylic acids is 1. The third-order valence-electron chi connectivity index (χ3n) is 3.23. The lowest BCUT2D eigenvalue weighted by Crippen LogP contribution is -2.63. The zero-order chi connectivity index (χ0) is 13.0. The lowest BCUT2D eigenvalue weighted by Gasteiger charge is -2.44. The fraction of sp³-hybridized carbons (Fsp3) is 0.917. The lowest BCUT2D eigenvalue weighted by atomic mass is 9.84. The van der Waals surface area contributed by atoms with Crippen molar-refractivity contribution in [1.82, 2.24) is 5.32 Å². The van der Waals surface area contributed by atoms with Crippen molar-refractivity contribution >= 4 is 5.97 Å². The Hall–Kier alpha value is -0.650. The molecule has 4 atom stereocenters. The van der Waals surface area contributed by atoms with Crippen LogP contribution in [0.4, 0.5) is 0 Å². The molecule has 4 unspecified atom stereocenters. The van der Waals surface area contributed by atoms with E-state index >= 15 is 0 Å². The maximum absolute atomic E-state index is 11.1. The highest BCUT2D eigenvalue weighted by Crippen LogP contribution is 2.27. The molecule has 0 radical (unpaired) electrons. The largest absolute Gasteiger partial charge is 0.480 e. The molecule has 0 aromatic heterocycles. The molecule has 1 saturated carbocycles. The topological polar surface area (TPSA) is 67.8 Å². The summed E-state index contributed by atoms with van der Waals surface area (Å²) in [5, 5.41) is 12.2. The Balaban J connectivity index is 2.49. The second kappa shape index (κ2) is 6.33. The van der Waals surface area contributed by atoms with E-state index in [4.69, 9.17) is 14.6 Å². The van der Waals surface area contributed by atoms with Crippen LogP contribution in [0.25, 0.3) is 0 Å². The van der Waals surface area contributed by atoms with Gasteiger partial charge in [-0.2, -0.15) is 0 Å². The number of rotatable bonds is 7. The van der Waals surface area contributed by atoms with E-state index in [0.717, 1.165) is 6.42 Å². The smallest absolute Gasteiger partial charge is 0.320 e. The Kier molecular flexibility index (Phi) is 5.36. The van der Waals surface area contributed by atoms with Crippen LogP contribution in [-0.2, 0) is 14.3 Å². The molecule has 5 nitrogen and oxygen atoms in total. The molecule has 0 aliphatic heterocycles. The Bertz CT molecular complexity index is 257. The predicted octanol–water partition coefficient (Wildman–Crippen LogP) is 0.878. The second-order valence-electron chi connectivity index (χ2n) is 4.76. The summed E-state index contributed by atoms with van der Waals surface area (Å²) in [5.74, 6) is -0.758. The highest BCUT2D eigenvalue weighted by Gasteiger charge is 2.44. The zero-order valence-corrected chi connectivity index (χ0v) is 11.0. The monoisotopic (exact) mass is 245 g/mol. The molecule has 1 aliphatic rings. The number of aliphatic carboxylic acids is 1. The summed E-state index contributed by atoms with van der Waals surface area (Å²) in [6, 6.07) is -0.458. The van der Waals surface area contributed by atoms with E-state index in [0.29, 0.717) is 6.61 Å². The van der Waals surface area contributed by atoms with E-state index in [2.05, 4.69) is 5.32 Å². The molecule has 1 fully saturated rings. The van der Waals surface area contributed by atoms with E-state index in [1.807, 2.05) is 20.8 Å². The van der Waals surface area contributed by atoms with E-state index < -0.39 is 12.0 Å². The Morgan fingerprint density at radius 1 is 1.53 bits per heavy atom. The number of nitrogens with one attached hydrogen (secondary N) is 1. The van der Waals surface area contributed by atoms with Gasteiger partial charge in [0, 0.05) is 19.8 Å². The third kappa shape index (κ3) is 3.40. The maximum Gasteiger partial charge on any atom is 0.320 e. The minimum atomic E-state index is -0.810. The van der Waals surface area contributed by atoms with Gasteiger partial charge in [-0.25, -0.2) is 0 Å². The molecule has 100 valence electrons. The van der Waals surface area contributed by atoms with Gasteiger partial charge in [-0.1, -0.05) is 13.8 Å². The van der Waals surface area contributed by atoms with Crippen molar-refractivity contribution in [2.75, 3.05) is 13.7 Å². The number of hydrogen-bond acceptors (Lipinski definition) is 4. The second-order valence-corrected chi connectivity index (χ2v) is 4.76. The Labute approximate surface area is 102 Å². The average Bonchev–Trinajstić information content (AvgIpc) is 2.21. The van der Waals surface area contributed by atoms with Crippen LogP contribution in [0.2, 0.25) is 0 Å². The fourth-order valence-corrected chi connectivity index (χ4v) is 2.22. The number of carboxylic acid groups (broad SMARTS) is 1. The Morgan fingerprint density at radius 3 is 2.59 bits per heavy atom. The Morgan fingerprint density at radius 2 is 2.18 bits per heavy atom. The van der Waals surface area contributed by atoms with E-state index in [-0.39, 0.29) is 24.2 Å². The molecule has 0 amide bonds. The number of methoxy groups -OCH3 is 1. The first-order valence-electron chi connectivity index (χ1n) is 6.14. The molecule has 2 N–H and O–H groups in total. The molecule has 17 heavy (non-hydrogen) atoms. The minimum absolute atomic E-state index is 0.0458. The van der Waals surface area contributed by atoms with Crippen LogP contribution in [0.5, 0.6) is 0 Å². The van der Waals surface area contributed by atoms with Crippen LogP contribution in [0.15, 0.2) is 0 Å². The van der Waals surface area contributed by atoms with Crippen LogP contribution >= 0.6 is 0 Å². The van der Waals surface area contributed by atoms with Crippen LogP contribution in [0.1, 0.15) is 27.2 Å². The molecular weight excluding hydrogens is 222 g/mol. The van der Waals surface area contributed by atoms with Gasteiger partial charge in [0.05, 0.1) is 12.2 Å². The first-order chi connectivity index (χ1) is 8.01. The lowest BCUT2D eigenvalue weighted by molar-refractivity contribution is -0.149. The summed E-state index contributed by atoms with van der Waals surface area (Å²) >= 11 is 0. The summed E-state index contributed by atoms with van der Waals surface area (Å²) in [6.07, 6.45) is 0.850. The normalized spacial score (nSPS) is 30.1. The molecule has 0 bridgehead atoms. The molecule has 0 spiro atoms. The maximum atomic E-state index is 11.1. The van der Waals surface area contributed by atoms with Gasteiger partial charge in [0.25, 0.3) is 0 Å². The van der Waals surface area contributed by atoms with Crippen molar-refractivity contribution < 1.29 is 19.4 Å². The summed E-state index contributed by atoms with van der Waals surface area (Å²) in [5.41, 5.74) is 0. The number of ether oxygens (including phenoxy) is 2. The van der Waals surface area contributed by atoms with Gasteiger partial charge < -0.3 is 14.6 Å². The predicted molar refractivity (Wildman–Crippen MR) is 64.0 cm³/mol. The van der Waals surface area contributed by atoms with Crippen LogP contribution in [-0.4, -0.2) is 49.1 Å². The van der Waals surface area contributed by atoms with Gasteiger partial charge in [-0.15, -0.1) is 0 Å². The first-order valence-corrected chi connectivity index (χ1v) is 6.14. The van der Waals surface area contributed by atoms with E-state index in [9.17, 15) is 4.79 Å². The quantitative estimate of drug-likeness (QED) is 0.697. The fourth-order valence-electron chi connectivity index (χ4n) is 2.22. The van der Waals surface area contributed by atoms with Crippen molar-refractivity contribution in [2.24, 2.45) is 5.92 Å². The molecule has 0 saturated heterocycles. The number of hydrogen-bond donors (Lipinski definition) is 2. The van der Waals surface area contributed by atoms with Crippen molar-refractivity contribution in [3.8, 4) is 0 Å². The molecule has 0 aromatic carbocycles. The van der Waals surface area contributed by atoms with Crippen molar-refractivity contribution in [3.63, 3.8) is 0 Å². The van der Waals surface area contributed by atoms with Crippen LogP contribution < -0.4 is 5.32 Å². The van der Waals surface area contributed by atoms with E-state index in [1.54, 1.807) is 7.11 Å². The number of carbonyl (C=O) groups is 1. The van der Waals surface area contributed by atoms with Crippen molar-refractivity contribution in [1.29, 1.82) is 0 Å². The highest BCUT2D eigenvalue weighted by atomic mass is 16.5. The summed E-state index contributed by atoms with van der Waals surface area (Å²) in [7, 11) is 1.63. The average molecular weight is 245 g/mol. The van der Waals surface area contributed by atoms with Crippen LogP contribution in [0.3, 0.4) is 0 Å². The molecule has 0 aromatic rings. The first kappa shape index (κ1) is 14.4. The SMILES string of the molecule is CCOC1CC(NC(C(=O)O)C(C)C)C1OC. The van der Waals surface area contributed by atoms with Gasteiger partial charge in [-0.3, -0.25) is 10.1 Å². The summed E-state index contributed by atoms with van der Waals surface area (Å²) in [6.45, 7) is 6.39. The molecular formula is C12H23NO4. The molecule has 5 heteroatoms. The van der Waals surface area contributed by atoms with Gasteiger partial charge in [0.1, 0.15) is 6.04 Å². The zero-order valence-electron chi connectivity index (χ0n) is 11.0. The van der Waals surface area contributed by atoms with Gasteiger partial charge in [0.15, 0.2) is 0 Å². The van der Waals surface area contributed by atoms with Crippen molar-refractivity contribution in [3.05, 3.63) is 0 Å².